The van der Waals surface area contributed by atoms with Crippen LogP contribution in [0.25, 0.3) is 22.0 Å². The SMILES string of the molecule is COC(=O)C(Oc1c(OC)ccc2cc3[n+](cc12)CCc1cc(OC)c(OC)cc1-3)c1ccccc1. The second kappa shape index (κ2) is 9.77. The van der Waals surface area contributed by atoms with Gasteiger partial charge in [0.15, 0.2) is 35.7 Å². The predicted molar refractivity (Wildman–Crippen MR) is 135 cm³/mol. The van der Waals surface area contributed by atoms with Gasteiger partial charge in [-0.2, -0.15) is 4.57 Å². The largest absolute Gasteiger partial charge is 0.493 e. The minimum Gasteiger partial charge on any atom is -0.493 e. The Morgan fingerprint density at radius 1 is 0.861 bits per heavy atom. The lowest BCUT2D eigenvalue weighted by atomic mass is 9.95. The van der Waals surface area contributed by atoms with Gasteiger partial charge in [0.1, 0.15) is 0 Å². The number of ether oxygens (including phenoxy) is 5. The van der Waals surface area contributed by atoms with Gasteiger partial charge < -0.3 is 23.7 Å². The zero-order chi connectivity index (χ0) is 25.2. The van der Waals surface area contributed by atoms with E-state index in [2.05, 4.69) is 16.8 Å². The highest BCUT2D eigenvalue weighted by Gasteiger charge is 2.30. The zero-order valence-electron chi connectivity index (χ0n) is 20.7. The number of esters is 1. The van der Waals surface area contributed by atoms with Crippen molar-refractivity contribution in [3.8, 4) is 34.3 Å². The van der Waals surface area contributed by atoms with Crippen LogP contribution < -0.4 is 23.5 Å². The summed E-state index contributed by atoms with van der Waals surface area (Å²) in [6.45, 7) is 0.781. The molecule has 0 saturated heterocycles. The van der Waals surface area contributed by atoms with Crippen LogP contribution in [0.4, 0.5) is 0 Å². The first kappa shape index (κ1) is 23.5. The topological polar surface area (TPSA) is 67.1 Å². The summed E-state index contributed by atoms with van der Waals surface area (Å²) in [6.07, 6.45) is 1.96. The van der Waals surface area contributed by atoms with Gasteiger partial charge in [-0.1, -0.05) is 30.3 Å². The molecule has 7 nitrogen and oxygen atoms in total. The second-order valence-corrected chi connectivity index (χ2v) is 8.50. The van der Waals surface area contributed by atoms with Crippen molar-refractivity contribution in [2.75, 3.05) is 28.4 Å². The highest BCUT2D eigenvalue weighted by molar-refractivity contribution is 5.92. The Labute approximate surface area is 209 Å². The summed E-state index contributed by atoms with van der Waals surface area (Å²) >= 11 is 0. The molecule has 1 aliphatic heterocycles. The summed E-state index contributed by atoms with van der Waals surface area (Å²) in [7, 11) is 6.23. The van der Waals surface area contributed by atoms with E-state index >= 15 is 0 Å². The van der Waals surface area contributed by atoms with Crippen molar-refractivity contribution in [3.63, 3.8) is 0 Å². The molecule has 0 bridgehead atoms. The summed E-state index contributed by atoms with van der Waals surface area (Å²) in [6, 6.07) is 19.3. The van der Waals surface area contributed by atoms with Crippen LogP contribution in [0.5, 0.6) is 23.0 Å². The van der Waals surface area contributed by atoms with E-state index in [1.54, 1.807) is 21.3 Å². The molecule has 1 atom stereocenters. The number of nitrogens with zero attached hydrogens (tertiary/aromatic N) is 1. The number of hydrogen-bond donors (Lipinski definition) is 0. The Morgan fingerprint density at radius 3 is 2.28 bits per heavy atom. The Balaban J connectivity index is 1.66. The summed E-state index contributed by atoms with van der Waals surface area (Å²) in [5.74, 6) is 1.95. The number of carbonyl (C=O) groups is 1. The first-order valence-electron chi connectivity index (χ1n) is 11.7. The van der Waals surface area contributed by atoms with E-state index < -0.39 is 12.1 Å². The summed E-state index contributed by atoms with van der Waals surface area (Å²) in [4.78, 5) is 12.7. The molecule has 2 heterocycles. The zero-order valence-corrected chi connectivity index (χ0v) is 20.7. The van der Waals surface area contributed by atoms with Crippen molar-refractivity contribution in [2.45, 2.75) is 19.1 Å². The van der Waals surface area contributed by atoms with Crippen molar-refractivity contribution in [2.24, 2.45) is 0 Å². The molecule has 0 N–H and O–H groups in total. The van der Waals surface area contributed by atoms with Crippen molar-refractivity contribution >= 4 is 16.7 Å². The highest BCUT2D eigenvalue weighted by atomic mass is 16.6. The number of aromatic nitrogens is 1. The molecule has 0 fully saturated rings. The van der Waals surface area contributed by atoms with E-state index in [0.29, 0.717) is 22.8 Å². The van der Waals surface area contributed by atoms with Gasteiger partial charge in [-0.25, -0.2) is 4.79 Å². The number of rotatable bonds is 7. The lowest BCUT2D eigenvalue weighted by Crippen LogP contribution is -2.40. The molecule has 184 valence electrons. The number of benzene rings is 3. The number of methoxy groups -OCH3 is 4. The Bertz CT molecular complexity index is 1430. The molecule has 0 saturated carbocycles. The molecule has 1 unspecified atom stereocenters. The molecule has 4 aromatic rings. The lowest BCUT2D eigenvalue weighted by Gasteiger charge is -2.21. The maximum atomic E-state index is 12.7. The maximum absolute atomic E-state index is 12.7. The molecule has 7 heteroatoms. The van der Waals surface area contributed by atoms with Crippen LogP contribution >= 0.6 is 0 Å². The first-order chi connectivity index (χ1) is 17.6. The van der Waals surface area contributed by atoms with Crippen molar-refractivity contribution in [3.05, 3.63) is 78.0 Å². The Kier molecular flexibility index (Phi) is 6.38. The van der Waals surface area contributed by atoms with Gasteiger partial charge >= 0.3 is 5.97 Å². The van der Waals surface area contributed by atoms with Gasteiger partial charge in [-0.05, 0) is 35.2 Å². The standard InChI is InChI=1S/C29H28NO6/c1-32-24-11-10-19-14-23-21-16-26(34-3)25(33-2)15-20(21)12-13-30(23)17-22(19)28(24)36-27(29(31)35-4)18-8-6-5-7-9-18/h5-11,14-17,27H,12-13H2,1-4H3/q+1. The highest BCUT2D eigenvalue weighted by Crippen LogP contribution is 2.41. The number of hydrogen-bond acceptors (Lipinski definition) is 6. The van der Waals surface area contributed by atoms with Gasteiger partial charge in [0.2, 0.25) is 11.8 Å². The van der Waals surface area contributed by atoms with Gasteiger partial charge in [-0.3, -0.25) is 0 Å². The fraction of sp³-hybridized carbons (Fsp3) is 0.241. The van der Waals surface area contributed by atoms with Crippen LogP contribution in [-0.2, 0) is 22.5 Å². The minimum absolute atomic E-state index is 0.485. The van der Waals surface area contributed by atoms with E-state index in [1.165, 1.54) is 12.7 Å². The maximum Gasteiger partial charge on any atom is 0.351 e. The molecule has 3 aromatic carbocycles. The van der Waals surface area contributed by atoms with Gasteiger partial charge in [0.25, 0.3) is 0 Å². The third kappa shape index (κ3) is 4.06. The molecule has 5 rings (SSSR count). The smallest absolute Gasteiger partial charge is 0.351 e. The fourth-order valence-electron chi connectivity index (χ4n) is 4.72. The molecule has 0 radical (unpaired) electrons. The van der Waals surface area contributed by atoms with E-state index in [1.807, 2.05) is 54.6 Å². The van der Waals surface area contributed by atoms with Gasteiger partial charge in [0.05, 0.1) is 39.4 Å². The van der Waals surface area contributed by atoms with Crippen LogP contribution in [0.15, 0.2) is 66.9 Å². The molecule has 0 spiro atoms. The number of pyridine rings is 1. The quantitative estimate of drug-likeness (QED) is 0.279. The van der Waals surface area contributed by atoms with Gasteiger partial charge in [-0.15, -0.1) is 0 Å². The average Bonchev–Trinajstić information content (AvgIpc) is 2.93. The summed E-state index contributed by atoms with van der Waals surface area (Å²) in [5.41, 5.74) is 4.06. The summed E-state index contributed by atoms with van der Waals surface area (Å²) < 4.78 is 30.3. The molecular weight excluding hydrogens is 458 g/mol. The van der Waals surface area contributed by atoms with Gasteiger partial charge in [0, 0.05) is 18.1 Å². The molecular formula is C29H28NO6+. The van der Waals surface area contributed by atoms with E-state index in [-0.39, 0.29) is 0 Å². The van der Waals surface area contributed by atoms with E-state index in [9.17, 15) is 4.79 Å². The molecule has 1 aromatic heterocycles. The Hall–Kier alpha value is -4.26. The monoisotopic (exact) mass is 486 g/mol. The molecule has 0 aliphatic carbocycles. The van der Waals surface area contributed by atoms with Crippen molar-refractivity contribution in [1.29, 1.82) is 0 Å². The average molecular weight is 487 g/mol. The van der Waals surface area contributed by atoms with Crippen LogP contribution in [0.2, 0.25) is 0 Å². The summed E-state index contributed by atoms with van der Waals surface area (Å²) in [5, 5.41) is 1.79. The normalized spacial score (nSPS) is 12.8. The third-order valence-electron chi connectivity index (χ3n) is 6.56. The lowest BCUT2D eigenvalue weighted by molar-refractivity contribution is -0.686. The van der Waals surface area contributed by atoms with Crippen LogP contribution in [0, 0.1) is 0 Å². The third-order valence-corrected chi connectivity index (χ3v) is 6.56. The second-order valence-electron chi connectivity index (χ2n) is 8.50. The van der Waals surface area contributed by atoms with Crippen LogP contribution in [-0.4, -0.2) is 34.4 Å². The predicted octanol–water partition coefficient (Wildman–Crippen LogP) is 4.67. The van der Waals surface area contributed by atoms with Crippen molar-refractivity contribution in [1.82, 2.24) is 0 Å². The first-order valence-corrected chi connectivity index (χ1v) is 11.7. The molecule has 36 heavy (non-hydrogen) atoms. The molecule has 1 aliphatic rings. The number of fused-ring (bicyclic) bond motifs is 4. The number of carbonyl (C=O) groups excluding carboxylic acids is 1. The van der Waals surface area contributed by atoms with Crippen LogP contribution in [0.1, 0.15) is 17.2 Å². The fourth-order valence-corrected chi connectivity index (χ4v) is 4.72. The number of aryl methyl sites for hydroxylation is 2. The van der Waals surface area contributed by atoms with E-state index in [0.717, 1.165) is 40.7 Å². The molecule has 0 amide bonds. The van der Waals surface area contributed by atoms with Crippen molar-refractivity contribution < 1.29 is 33.0 Å². The minimum atomic E-state index is -0.936. The van der Waals surface area contributed by atoms with Crippen LogP contribution in [0.3, 0.4) is 0 Å². The van der Waals surface area contributed by atoms with E-state index in [4.69, 9.17) is 23.7 Å². The Morgan fingerprint density at radius 2 is 1.58 bits per heavy atom.